The lowest BCUT2D eigenvalue weighted by atomic mass is 9.88. The second-order valence-corrected chi connectivity index (χ2v) is 12.2. The van der Waals surface area contributed by atoms with E-state index in [-0.39, 0.29) is 17.6 Å². The van der Waals surface area contributed by atoms with Crippen molar-refractivity contribution in [3.8, 4) is 11.5 Å². The molecule has 5 aromatic rings. The number of imidazole rings is 2. The molecule has 1 atom stereocenters. The SMILES string of the molecule is CCn1cncc1Cn1c(CN2CCC(c3cccc4c3O[C@](C)(c3ccc(Cl)cc3F)O4)CC2)nc2ccc(C(=O)O)cc21.N. The second kappa shape index (κ2) is 12.4. The first-order valence-electron chi connectivity index (χ1n) is 15.1. The predicted octanol–water partition coefficient (Wildman–Crippen LogP) is 6.98. The fraction of sp³-hybridized carbons (Fsp3) is 0.324. The highest BCUT2D eigenvalue weighted by Gasteiger charge is 2.43. The molecule has 12 heteroatoms. The Morgan fingerprint density at radius 1 is 1.11 bits per heavy atom. The fourth-order valence-electron chi connectivity index (χ4n) is 6.57. The highest BCUT2D eigenvalue weighted by Crippen LogP contribution is 2.49. The number of aromatic carboxylic acids is 1. The number of nitrogens with zero attached hydrogens (tertiary/aromatic N) is 5. The summed E-state index contributed by atoms with van der Waals surface area (Å²) >= 11 is 5.98. The van der Waals surface area contributed by atoms with Gasteiger partial charge in [-0.25, -0.2) is 19.2 Å². The predicted molar refractivity (Wildman–Crippen MR) is 172 cm³/mol. The van der Waals surface area contributed by atoms with Crippen LogP contribution in [0.1, 0.15) is 65.6 Å². The third-order valence-corrected chi connectivity index (χ3v) is 9.19. The highest BCUT2D eigenvalue weighted by atomic mass is 35.5. The fourth-order valence-corrected chi connectivity index (χ4v) is 6.73. The Morgan fingerprint density at radius 2 is 1.91 bits per heavy atom. The van der Waals surface area contributed by atoms with E-state index in [2.05, 4.69) is 32.0 Å². The summed E-state index contributed by atoms with van der Waals surface area (Å²) in [5.74, 6) is -0.338. The lowest BCUT2D eigenvalue weighted by molar-refractivity contribution is -0.0712. The number of likely N-dealkylation sites (tertiary alicyclic amines) is 1. The number of para-hydroxylation sites is 1. The zero-order chi connectivity index (χ0) is 31.3. The minimum absolute atomic E-state index is 0. The molecule has 7 rings (SSSR count). The van der Waals surface area contributed by atoms with E-state index >= 15 is 0 Å². The smallest absolute Gasteiger partial charge is 0.335 e. The van der Waals surface area contributed by atoms with Crippen LogP contribution in [0, 0.1) is 5.82 Å². The topological polar surface area (TPSA) is 130 Å². The molecule has 0 radical (unpaired) electrons. The Hall–Kier alpha value is -4.45. The van der Waals surface area contributed by atoms with Gasteiger partial charge in [-0.1, -0.05) is 23.7 Å². The number of ether oxygens (including phenoxy) is 2. The largest absolute Gasteiger partial charge is 0.478 e. The van der Waals surface area contributed by atoms with Gasteiger partial charge in [-0.2, -0.15) is 0 Å². The van der Waals surface area contributed by atoms with Crippen LogP contribution in [0.15, 0.2) is 67.1 Å². The third-order valence-electron chi connectivity index (χ3n) is 8.96. The van der Waals surface area contributed by atoms with Crippen molar-refractivity contribution in [3.63, 3.8) is 0 Å². The van der Waals surface area contributed by atoms with Crippen LogP contribution in [0.2, 0.25) is 5.02 Å². The van der Waals surface area contributed by atoms with Crippen LogP contribution in [0.25, 0.3) is 11.0 Å². The first-order chi connectivity index (χ1) is 21.7. The number of hydrogen-bond donors (Lipinski definition) is 2. The summed E-state index contributed by atoms with van der Waals surface area (Å²) in [6, 6.07) is 15.5. The zero-order valence-corrected chi connectivity index (χ0v) is 26.5. The number of benzene rings is 3. The van der Waals surface area contributed by atoms with E-state index in [9.17, 15) is 14.3 Å². The molecule has 3 aromatic carbocycles. The van der Waals surface area contributed by atoms with Crippen LogP contribution in [-0.2, 0) is 25.4 Å². The average Bonchev–Trinajstić information content (AvgIpc) is 3.72. The molecule has 0 bridgehead atoms. The number of piperidine rings is 1. The first-order valence-corrected chi connectivity index (χ1v) is 15.5. The molecule has 240 valence electrons. The molecule has 2 aliphatic heterocycles. The van der Waals surface area contributed by atoms with E-state index in [1.807, 2.05) is 24.7 Å². The van der Waals surface area contributed by atoms with Gasteiger partial charge in [-0.15, -0.1) is 0 Å². The molecule has 10 nitrogen and oxygen atoms in total. The van der Waals surface area contributed by atoms with E-state index < -0.39 is 17.6 Å². The lowest BCUT2D eigenvalue weighted by Gasteiger charge is -2.32. The molecule has 0 amide bonds. The van der Waals surface area contributed by atoms with Gasteiger partial charge in [0.2, 0.25) is 0 Å². The van der Waals surface area contributed by atoms with Gasteiger partial charge in [0.1, 0.15) is 11.6 Å². The molecule has 46 heavy (non-hydrogen) atoms. The van der Waals surface area contributed by atoms with Gasteiger partial charge in [0.25, 0.3) is 5.79 Å². The zero-order valence-electron chi connectivity index (χ0n) is 25.7. The number of carboxylic acid groups (broad SMARTS) is 1. The van der Waals surface area contributed by atoms with Crippen molar-refractivity contribution in [3.05, 3.63) is 106 Å². The average molecular weight is 647 g/mol. The number of hydrogen-bond acceptors (Lipinski definition) is 7. The summed E-state index contributed by atoms with van der Waals surface area (Å²) in [5, 5.41) is 9.95. The summed E-state index contributed by atoms with van der Waals surface area (Å²) in [5.41, 5.74) is 4.18. The molecule has 1 fully saturated rings. The Bertz CT molecular complexity index is 1920. The maximum atomic E-state index is 14.9. The van der Waals surface area contributed by atoms with Gasteiger partial charge < -0.3 is 29.9 Å². The van der Waals surface area contributed by atoms with Crippen molar-refractivity contribution < 1.29 is 23.8 Å². The summed E-state index contributed by atoms with van der Waals surface area (Å²) in [6.45, 7) is 7.44. The summed E-state index contributed by atoms with van der Waals surface area (Å²) in [7, 11) is 0. The summed E-state index contributed by atoms with van der Waals surface area (Å²) < 4.78 is 31.6. The van der Waals surface area contributed by atoms with Crippen molar-refractivity contribution in [2.45, 2.75) is 58.0 Å². The Kier molecular flexibility index (Phi) is 8.49. The van der Waals surface area contributed by atoms with Crippen LogP contribution in [0.5, 0.6) is 11.5 Å². The first kappa shape index (κ1) is 31.5. The molecule has 0 saturated carbocycles. The van der Waals surface area contributed by atoms with Crippen molar-refractivity contribution in [1.29, 1.82) is 0 Å². The Labute approximate surface area is 270 Å². The molecule has 4 heterocycles. The summed E-state index contributed by atoms with van der Waals surface area (Å²) in [6.07, 6.45) is 5.46. The number of rotatable bonds is 8. The molecule has 4 N–H and O–H groups in total. The highest BCUT2D eigenvalue weighted by molar-refractivity contribution is 6.30. The number of halogens is 2. The van der Waals surface area contributed by atoms with Gasteiger partial charge in [-0.3, -0.25) is 4.90 Å². The van der Waals surface area contributed by atoms with Crippen LogP contribution in [-0.4, -0.2) is 48.2 Å². The van der Waals surface area contributed by atoms with Gasteiger partial charge in [0.15, 0.2) is 11.5 Å². The quantitative estimate of drug-likeness (QED) is 0.185. The van der Waals surface area contributed by atoms with Crippen molar-refractivity contribution in [2.75, 3.05) is 13.1 Å². The van der Waals surface area contributed by atoms with Crippen LogP contribution < -0.4 is 15.6 Å². The number of carbonyl (C=O) groups is 1. The van der Waals surface area contributed by atoms with Gasteiger partial charge in [0, 0.05) is 30.3 Å². The molecule has 2 aromatic heterocycles. The van der Waals surface area contributed by atoms with Gasteiger partial charge >= 0.3 is 5.97 Å². The number of aryl methyl sites for hydroxylation is 1. The molecule has 1 saturated heterocycles. The van der Waals surface area contributed by atoms with Crippen molar-refractivity contribution >= 4 is 28.6 Å². The minimum Gasteiger partial charge on any atom is -0.478 e. The van der Waals surface area contributed by atoms with Gasteiger partial charge in [-0.05, 0) is 81.2 Å². The molecular formula is C34H36ClFN6O4. The maximum Gasteiger partial charge on any atom is 0.335 e. The molecule has 0 aliphatic carbocycles. The number of carboxylic acids is 1. The van der Waals surface area contributed by atoms with E-state index in [1.165, 1.54) is 6.07 Å². The Morgan fingerprint density at radius 3 is 2.65 bits per heavy atom. The number of fused-ring (bicyclic) bond motifs is 2. The van der Waals surface area contributed by atoms with E-state index in [0.717, 1.165) is 60.6 Å². The van der Waals surface area contributed by atoms with Crippen molar-refractivity contribution in [1.82, 2.24) is 30.2 Å². The monoisotopic (exact) mass is 646 g/mol. The van der Waals surface area contributed by atoms with Gasteiger partial charge in [0.05, 0.1) is 47.3 Å². The standard InChI is InChI=1S/C34H33ClFN5O4.H3N/c1-3-40-20-37-17-24(40)18-41-29-15-22(33(42)43)7-10-28(29)38-31(41)19-39-13-11-21(12-14-39)25-5-4-6-30-32(25)45-34(2,44-30)26-9-8-23(35)16-27(26)36;/h4-10,15-17,20-21H,3,11-14,18-19H2,1-2H3,(H,42,43);1H3/t34-;/m1./s1. The van der Waals surface area contributed by atoms with E-state index in [0.29, 0.717) is 35.2 Å². The maximum absolute atomic E-state index is 14.9. The van der Waals surface area contributed by atoms with Crippen LogP contribution in [0.4, 0.5) is 4.39 Å². The molecule has 2 aliphatic rings. The van der Waals surface area contributed by atoms with Crippen LogP contribution >= 0.6 is 11.6 Å². The van der Waals surface area contributed by atoms with E-state index in [1.54, 1.807) is 37.3 Å². The normalized spacial score (nSPS) is 18.2. The lowest BCUT2D eigenvalue weighted by Crippen LogP contribution is -2.34. The second-order valence-electron chi connectivity index (χ2n) is 11.8. The minimum atomic E-state index is -1.29. The van der Waals surface area contributed by atoms with Crippen LogP contribution in [0.3, 0.4) is 0 Å². The number of aromatic nitrogens is 4. The molecular weight excluding hydrogens is 611 g/mol. The third kappa shape index (κ3) is 5.70. The summed E-state index contributed by atoms with van der Waals surface area (Å²) in [4.78, 5) is 23.4. The van der Waals surface area contributed by atoms with Crippen molar-refractivity contribution in [2.24, 2.45) is 0 Å². The van der Waals surface area contributed by atoms with E-state index in [4.69, 9.17) is 26.1 Å². The molecule has 0 unspecified atom stereocenters. The molecule has 0 spiro atoms. The Balaban J connectivity index is 0.00000372.